The van der Waals surface area contributed by atoms with Gasteiger partial charge in [-0.05, 0) is 5.56 Å². The highest BCUT2D eigenvalue weighted by molar-refractivity contribution is 5.81. The van der Waals surface area contributed by atoms with Crippen molar-refractivity contribution in [3.8, 4) is 0 Å². The number of aliphatic hydroxyl groups is 2. The summed E-state index contributed by atoms with van der Waals surface area (Å²) in [6.45, 7) is 3.09. The van der Waals surface area contributed by atoms with Crippen molar-refractivity contribution >= 4 is 11.9 Å². The molecule has 22 heavy (non-hydrogen) atoms. The van der Waals surface area contributed by atoms with E-state index in [1.165, 1.54) is 0 Å². The molecule has 1 aromatic carbocycles. The lowest BCUT2D eigenvalue weighted by molar-refractivity contribution is -0.145. The largest absolute Gasteiger partial charge is 0.461 e. The lowest BCUT2D eigenvalue weighted by atomic mass is 9.87. The quantitative estimate of drug-likeness (QED) is 0.612. The van der Waals surface area contributed by atoms with Gasteiger partial charge in [0.25, 0.3) is 0 Å². The van der Waals surface area contributed by atoms with Gasteiger partial charge >= 0.3 is 5.97 Å². The molecule has 1 rings (SSSR count). The summed E-state index contributed by atoms with van der Waals surface area (Å²) < 4.78 is 5.07. The number of amides is 1. The van der Waals surface area contributed by atoms with Crippen molar-refractivity contribution in [2.45, 2.75) is 33.0 Å². The van der Waals surface area contributed by atoms with Gasteiger partial charge in [0.2, 0.25) is 5.91 Å². The number of rotatable bonds is 8. The molecule has 0 aliphatic carbocycles. The first-order valence-corrected chi connectivity index (χ1v) is 7.13. The molecule has 6 nitrogen and oxygen atoms in total. The van der Waals surface area contributed by atoms with Gasteiger partial charge in [-0.25, -0.2) is 0 Å². The summed E-state index contributed by atoms with van der Waals surface area (Å²) in [6, 6.07) is 9.28. The number of hydrogen-bond acceptors (Lipinski definition) is 5. The minimum Gasteiger partial charge on any atom is -0.461 e. The molecule has 0 aromatic heterocycles. The third-order valence-electron chi connectivity index (χ3n) is 3.27. The van der Waals surface area contributed by atoms with E-state index in [-0.39, 0.29) is 26.2 Å². The molecule has 0 aliphatic rings. The van der Waals surface area contributed by atoms with E-state index in [9.17, 15) is 14.7 Å². The average molecular weight is 309 g/mol. The van der Waals surface area contributed by atoms with Crippen molar-refractivity contribution in [3.05, 3.63) is 35.9 Å². The fraction of sp³-hybridized carbons (Fsp3) is 0.500. The lowest BCUT2D eigenvalue weighted by Crippen LogP contribution is -2.46. The van der Waals surface area contributed by atoms with Gasteiger partial charge in [-0.1, -0.05) is 44.2 Å². The summed E-state index contributed by atoms with van der Waals surface area (Å²) in [5.74, 6) is -1.05. The summed E-state index contributed by atoms with van der Waals surface area (Å²) in [5, 5.41) is 21.3. The van der Waals surface area contributed by atoms with Gasteiger partial charge < -0.3 is 20.3 Å². The van der Waals surface area contributed by atoms with E-state index >= 15 is 0 Å². The number of benzene rings is 1. The van der Waals surface area contributed by atoms with Crippen molar-refractivity contribution in [2.75, 3.05) is 13.2 Å². The van der Waals surface area contributed by atoms with E-state index < -0.39 is 23.4 Å². The zero-order valence-electron chi connectivity index (χ0n) is 12.9. The molecule has 1 atom stereocenters. The maximum atomic E-state index is 11.7. The van der Waals surface area contributed by atoms with Crippen molar-refractivity contribution < 1.29 is 24.5 Å². The molecule has 1 amide bonds. The standard InChI is InChI=1S/C16H23NO5/c1-16(2,11-18)14(20)15(21)17-9-8-13(19)22-10-12-6-4-3-5-7-12/h3-7,14,18,20H,8-11H2,1-2H3,(H,17,21). The first-order valence-electron chi connectivity index (χ1n) is 7.13. The highest BCUT2D eigenvalue weighted by Gasteiger charge is 2.32. The maximum absolute atomic E-state index is 11.7. The molecule has 0 bridgehead atoms. The molecule has 1 unspecified atom stereocenters. The molecule has 0 saturated carbocycles. The Labute approximate surface area is 130 Å². The monoisotopic (exact) mass is 309 g/mol. The fourth-order valence-corrected chi connectivity index (χ4v) is 1.64. The van der Waals surface area contributed by atoms with Gasteiger partial charge in [-0.15, -0.1) is 0 Å². The normalized spacial score (nSPS) is 12.5. The Morgan fingerprint density at radius 1 is 1.27 bits per heavy atom. The maximum Gasteiger partial charge on any atom is 0.307 e. The molecule has 3 N–H and O–H groups in total. The lowest BCUT2D eigenvalue weighted by Gasteiger charge is -2.27. The molecule has 0 saturated heterocycles. The molecule has 1 aromatic rings. The average Bonchev–Trinajstić information content (AvgIpc) is 2.53. The summed E-state index contributed by atoms with van der Waals surface area (Å²) in [4.78, 5) is 23.2. The first-order chi connectivity index (χ1) is 10.4. The Kier molecular flexibility index (Phi) is 7.01. The van der Waals surface area contributed by atoms with Crippen molar-refractivity contribution in [1.82, 2.24) is 5.32 Å². The summed E-state index contributed by atoms with van der Waals surface area (Å²) in [6.07, 6.45) is -1.32. The second kappa shape index (κ2) is 8.51. The van der Waals surface area contributed by atoms with Crippen LogP contribution in [0.25, 0.3) is 0 Å². The van der Waals surface area contributed by atoms with Gasteiger partial charge in [0.1, 0.15) is 12.7 Å². The van der Waals surface area contributed by atoms with E-state index in [1.54, 1.807) is 13.8 Å². The zero-order chi connectivity index (χ0) is 16.6. The molecule has 0 fully saturated rings. The highest BCUT2D eigenvalue weighted by Crippen LogP contribution is 2.19. The van der Waals surface area contributed by atoms with Gasteiger partial charge in [-0.3, -0.25) is 9.59 Å². The molecule has 0 heterocycles. The van der Waals surface area contributed by atoms with Crippen LogP contribution in [0, 0.1) is 5.41 Å². The number of esters is 1. The number of aliphatic hydroxyl groups excluding tert-OH is 2. The van der Waals surface area contributed by atoms with Crippen LogP contribution in [0.4, 0.5) is 0 Å². The van der Waals surface area contributed by atoms with Crippen LogP contribution >= 0.6 is 0 Å². The smallest absolute Gasteiger partial charge is 0.307 e. The van der Waals surface area contributed by atoms with Crippen LogP contribution < -0.4 is 5.32 Å². The van der Waals surface area contributed by atoms with E-state index in [1.807, 2.05) is 30.3 Å². The Morgan fingerprint density at radius 2 is 1.91 bits per heavy atom. The topological polar surface area (TPSA) is 95.9 Å². The van der Waals surface area contributed by atoms with E-state index in [2.05, 4.69) is 5.32 Å². The Balaban J connectivity index is 2.26. The van der Waals surface area contributed by atoms with Gasteiger partial charge in [0.05, 0.1) is 13.0 Å². The molecule has 122 valence electrons. The minimum absolute atomic E-state index is 0.0187. The molecule has 0 aliphatic heterocycles. The summed E-state index contributed by atoms with van der Waals surface area (Å²) in [5.41, 5.74) is -0.0437. The van der Waals surface area contributed by atoms with E-state index in [4.69, 9.17) is 9.84 Å². The minimum atomic E-state index is -1.34. The van der Waals surface area contributed by atoms with Gasteiger partial charge in [-0.2, -0.15) is 0 Å². The number of nitrogens with one attached hydrogen (secondary N) is 1. The van der Waals surface area contributed by atoms with Crippen LogP contribution in [0.15, 0.2) is 30.3 Å². The molecule has 6 heteroatoms. The highest BCUT2D eigenvalue weighted by atomic mass is 16.5. The Hall–Kier alpha value is -1.92. The zero-order valence-corrected chi connectivity index (χ0v) is 12.9. The van der Waals surface area contributed by atoms with Crippen LogP contribution in [0.5, 0.6) is 0 Å². The van der Waals surface area contributed by atoms with E-state index in [0.717, 1.165) is 5.56 Å². The Bertz CT molecular complexity index is 487. The predicted octanol–water partition coefficient (Wildman–Crippen LogP) is 0.615. The number of carbonyl (C=O) groups is 2. The SMILES string of the molecule is CC(C)(CO)C(O)C(=O)NCCC(=O)OCc1ccccc1. The fourth-order valence-electron chi connectivity index (χ4n) is 1.64. The molecule has 0 spiro atoms. The van der Waals surface area contributed by atoms with Crippen molar-refractivity contribution in [1.29, 1.82) is 0 Å². The van der Waals surface area contributed by atoms with Gasteiger partial charge in [0, 0.05) is 12.0 Å². The second-order valence-electron chi connectivity index (χ2n) is 5.74. The molecular formula is C16H23NO5. The Morgan fingerprint density at radius 3 is 2.50 bits per heavy atom. The summed E-state index contributed by atoms with van der Waals surface area (Å²) >= 11 is 0. The first kappa shape index (κ1) is 18.1. The van der Waals surface area contributed by atoms with Crippen LogP contribution in [-0.2, 0) is 20.9 Å². The van der Waals surface area contributed by atoms with Crippen molar-refractivity contribution in [3.63, 3.8) is 0 Å². The van der Waals surface area contributed by atoms with Crippen LogP contribution in [0.1, 0.15) is 25.8 Å². The number of carbonyl (C=O) groups excluding carboxylic acids is 2. The summed E-state index contributed by atoms with van der Waals surface area (Å²) in [7, 11) is 0. The second-order valence-corrected chi connectivity index (χ2v) is 5.74. The van der Waals surface area contributed by atoms with Gasteiger partial charge in [0.15, 0.2) is 0 Å². The third-order valence-corrected chi connectivity index (χ3v) is 3.27. The van der Waals surface area contributed by atoms with Crippen LogP contribution in [-0.4, -0.2) is 41.3 Å². The van der Waals surface area contributed by atoms with Crippen LogP contribution in [0.3, 0.4) is 0 Å². The molecular weight excluding hydrogens is 286 g/mol. The molecule has 0 radical (unpaired) electrons. The van der Waals surface area contributed by atoms with Crippen molar-refractivity contribution in [2.24, 2.45) is 5.41 Å². The van der Waals surface area contributed by atoms with Crippen LogP contribution in [0.2, 0.25) is 0 Å². The number of hydrogen-bond donors (Lipinski definition) is 3. The van der Waals surface area contributed by atoms with E-state index in [0.29, 0.717) is 0 Å². The predicted molar refractivity (Wildman–Crippen MR) is 80.7 cm³/mol. The third kappa shape index (κ3) is 5.83. The number of ether oxygens (including phenoxy) is 1.